The highest BCUT2D eigenvalue weighted by molar-refractivity contribution is 6.32. The van der Waals surface area contributed by atoms with Gasteiger partial charge in [0.15, 0.2) is 0 Å². The van der Waals surface area contributed by atoms with Gasteiger partial charge in [0.05, 0.1) is 34.9 Å². The summed E-state index contributed by atoms with van der Waals surface area (Å²) in [6.45, 7) is 2.42. The molecule has 1 aliphatic heterocycles. The van der Waals surface area contributed by atoms with Crippen LogP contribution < -0.4 is 4.74 Å². The molecule has 3 aromatic rings. The molecule has 0 unspecified atom stereocenters. The molecule has 192 valence electrons. The molecule has 1 atom stereocenters. The number of hydrogen-bond acceptors (Lipinski definition) is 7. The van der Waals surface area contributed by atoms with E-state index < -0.39 is 17.5 Å². The Bertz CT molecular complexity index is 1170. The number of aryl methyl sites for hydroxylation is 1. The molecule has 2 aromatic heterocycles. The third kappa shape index (κ3) is 6.11. The number of carboxylic acid groups (broad SMARTS) is 1. The highest BCUT2D eigenvalue weighted by Crippen LogP contribution is 2.41. The molecule has 1 fully saturated rings. The van der Waals surface area contributed by atoms with E-state index in [9.17, 15) is 15.0 Å². The maximum absolute atomic E-state index is 12.3. The van der Waals surface area contributed by atoms with Crippen molar-refractivity contribution in [3.8, 4) is 5.75 Å². The van der Waals surface area contributed by atoms with E-state index >= 15 is 0 Å². The average Bonchev–Trinajstić information content (AvgIpc) is 2.90. The number of halogens is 1. The summed E-state index contributed by atoms with van der Waals surface area (Å²) >= 11 is 6.44. The minimum absolute atomic E-state index is 0.306. The molecule has 0 bridgehead atoms. The van der Waals surface area contributed by atoms with Gasteiger partial charge < -0.3 is 19.8 Å². The number of benzene rings is 1. The Labute approximate surface area is 216 Å². The first-order valence-electron chi connectivity index (χ1n) is 12.4. The molecule has 1 aromatic carbocycles. The summed E-state index contributed by atoms with van der Waals surface area (Å²) in [4.78, 5) is 27.4. The molecule has 0 radical (unpaired) electrons. The van der Waals surface area contributed by atoms with Gasteiger partial charge in [0.2, 0.25) is 0 Å². The number of carbonyl (C=O) groups is 1. The number of unbranched alkanes of at least 4 members (excludes halogenated alkanes) is 1. The predicted octanol–water partition coefficient (Wildman–Crippen LogP) is 4.69. The molecule has 1 saturated heterocycles. The van der Waals surface area contributed by atoms with Crippen molar-refractivity contribution in [2.75, 3.05) is 26.7 Å². The monoisotopic (exact) mass is 512 g/mol. The summed E-state index contributed by atoms with van der Waals surface area (Å²) in [6, 6.07) is 5.44. The van der Waals surface area contributed by atoms with Crippen molar-refractivity contribution in [1.29, 1.82) is 0 Å². The number of methoxy groups -OCH3 is 1. The van der Waals surface area contributed by atoms with Gasteiger partial charge in [-0.1, -0.05) is 11.6 Å². The number of aromatic nitrogens is 3. The van der Waals surface area contributed by atoms with Crippen LogP contribution in [0.25, 0.3) is 10.9 Å². The minimum Gasteiger partial charge on any atom is -0.497 e. The Kier molecular flexibility index (Phi) is 8.72. The SMILES string of the molecule is COc1ccc2ncc(Cl)c([C@@H](O)CCC3(C(=O)O)CCN(CCCCc4cnccn4)CC3)c2c1. The average molecular weight is 513 g/mol. The van der Waals surface area contributed by atoms with Crippen LogP contribution in [-0.2, 0) is 11.2 Å². The number of aliphatic carboxylic acids is 1. The molecular weight excluding hydrogens is 480 g/mol. The lowest BCUT2D eigenvalue weighted by Gasteiger charge is -2.39. The normalized spacial score (nSPS) is 16.6. The number of likely N-dealkylation sites (tertiary alicyclic amines) is 1. The molecule has 9 heteroatoms. The largest absolute Gasteiger partial charge is 0.497 e. The van der Waals surface area contributed by atoms with Crippen LogP contribution in [0.2, 0.25) is 5.02 Å². The van der Waals surface area contributed by atoms with Crippen molar-refractivity contribution in [3.05, 3.63) is 59.3 Å². The van der Waals surface area contributed by atoms with Crippen LogP contribution in [0.5, 0.6) is 5.75 Å². The molecule has 2 N–H and O–H groups in total. The first kappa shape index (κ1) is 26.3. The van der Waals surface area contributed by atoms with Gasteiger partial charge in [-0.15, -0.1) is 0 Å². The Morgan fingerprint density at radius 3 is 2.69 bits per heavy atom. The van der Waals surface area contributed by atoms with Crippen LogP contribution in [-0.4, -0.2) is 62.8 Å². The Morgan fingerprint density at radius 1 is 1.19 bits per heavy atom. The molecule has 0 amide bonds. The van der Waals surface area contributed by atoms with E-state index in [2.05, 4.69) is 19.9 Å². The second kappa shape index (κ2) is 12.0. The van der Waals surface area contributed by atoms with E-state index in [1.165, 1.54) is 6.20 Å². The topological polar surface area (TPSA) is 109 Å². The number of nitrogens with zero attached hydrogens (tertiary/aromatic N) is 4. The number of piperidine rings is 1. The molecule has 0 saturated carbocycles. The Balaban J connectivity index is 1.34. The molecule has 8 nitrogen and oxygen atoms in total. The summed E-state index contributed by atoms with van der Waals surface area (Å²) in [5.41, 5.74) is 1.43. The third-order valence-electron chi connectivity index (χ3n) is 7.34. The van der Waals surface area contributed by atoms with Crippen molar-refractivity contribution in [3.63, 3.8) is 0 Å². The second-order valence-corrected chi connectivity index (χ2v) is 9.95. The summed E-state index contributed by atoms with van der Waals surface area (Å²) in [5, 5.41) is 22.3. The molecule has 0 aliphatic carbocycles. The summed E-state index contributed by atoms with van der Waals surface area (Å²) < 4.78 is 5.33. The molecule has 0 spiro atoms. The highest BCUT2D eigenvalue weighted by atomic mass is 35.5. The van der Waals surface area contributed by atoms with Crippen molar-refractivity contribution >= 4 is 28.5 Å². The van der Waals surface area contributed by atoms with Gasteiger partial charge in [0.1, 0.15) is 5.75 Å². The second-order valence-electron chi connectivity index (χ2n) is 9.54. The molecular formula is C27H33ClN4O4. The number of aliphatic hydroxyl groups is 1. The number of aliphatic hydroxyl groups excluding tert-OH is 1. The van der Waals surface area contributed by atoms with Crippen LogP contribution in [0.1, 0.15) is 55.9 Å². The fourth-order valence-corrected chi connectivity index (χ4v) is 5.34. The number of ether oxygens (including phenoxy) is 1. The zero-order valence-corrected chi connectivity index (χ0v) is 21.3. The van der Waals surface area contributed by atoms with Gasteiger partial charge in [-0.3, -0.25) is 19.7 Å². The van der Waals surface area contributed by atoms with Crippen LogP contribution in [0, 0.1) is 5.41 Å². The van der Waals surface area contributed by atoms with Crippen LogP contribution >= 0.6 is 11.6 Å². The maximum atomic E-state index is 12.3. The lowest BCUT2D eigenvalue weighted by atomic mass is 9.74. The van der Waals surface area contributed by atoms with Gasteiger partial charge >= 0.3 is 5.97 Å². The highest BCUT2D eigenvalue weighted by Gasteiger charge is 2.41. The number of carboxylic acids is 1. The molecule has 36 heavy (non-hydrogen) atoms. The van der Waals surface area contributed by atoms with E-state index in [1.807, 2.05) is 18.2 Å². The summed E-state index contributed by atoms with van der Waals surface area (Å²) in [7, 11) is 1.58. The smallest absolute Gasteiger partial charge is 0.309 e. The number of rotatable bonds is 11. The number of pyridine rings is 1. The van der Waals surface area contributed by atoms with E-state index in [0.29, 0.717) is 47.5 Å². The fraction of sp³-hybridized carbons (Fsp3) is 0.481. The lowest BCUT2D eigenvalue weighted by Crippen LogP contribution is -2.44. The number of hydrogen-bond donors (Lipinski definition) is 2. The van der Waals surface area contributed by atoms with E-state index in [1.54, 1.807) is 25.7 Å². The molecule has 3 heterocycles. The van der Waals surface area contributed by atoms with Crippen LogP contribution in [0.4, 0.5) is 0 Å². The zero-order chi connectivity index (χ0) is 25.5. The van der Waals surface area contributed by atoms with Crippen molar-refractivity contribution < 1.29 is 19.7 Å². The standard InChI is InChI=1S/C27H33ClN4O4/c1-36-20-5-6-23-21(16-20)25(22(28)18-31-23)24(33)7-8-27(26(34)35)9-14-32(15-10-27)13-3-2-4-19-17-29-11-12-30-19/h5-6,11-12,16-18,24,33H,2-4,7-10,13-15H2,1H3,(H,34,35)/t24-/m0/s1. The third-order valence-corrected chi connectivity index (χ3v) is 7.64. The Morgan fingerprint density at radius 2 is 2.00 bits per heavy atom. The lowest BCUT2D eigenvalue weighted by molar-refractivity contribution is -0.153. The quantitative estimate of drug-likeness (QED) is 0.356. The summed E-state index contributed by atoms with van der Waals surface area (Å²) in [5.74, 6) is -0.143. The predicted molar refractivity (Wildman–Crippen MR) is 138 cm³/mol. The van der Waals surface area contributed by atoms with Gasteiger partial charge in [-0.05, 0) is 82.8 Å². The van der Waals surface area contributed by atoms with Crippen molar-refractivity contribution in [2.45, 2.75) is 51.0 Å². The van der Waals surface area contributed by atoms with Crippen molar-refractivity contribution in [2.24, 2.45) is 5.41 Å². The van der Waals surface area contributed by atoms with Gasteiger partial charge in [0.25, 0.3) is 0 Å². The van der Waals surface area contributed by atoms with Crippen LogP contribution in [0.15, 0.2) is 43.0 Å². The number of fused-ring (bicyclic) bond motifs is 1. The maximum Gasteiger partial charge on any atom is 0.309 e. The van der Waals surface area contributed by atoms with Gasteiger partial charge in [0, 0.05) is 35.7 Å². The molecule has 1 aliphatic rings. The fourth-order valence-electron chi connectivity index (χ4n) is 5.07. The van der Waals surface area contributed by atoms with E-state index in [0.717, 1.165) is 50.0 Å². The van der Waals surface area contributed by atoms with E-state index in [4.69, 9.17) is 16.3 Å². The van der Waals surface area contributed by atoms with Crippen molar-refractivity contribution in [1.82, 2.24) is 19.9 Å². The summed E-state index contributed by atoms with van der Waals surface area (Å²) in [6.07, 6.45) is 10.6. The minimum atomic E-state index is -0.898. The Hall–Kier alpha value is -2.81. The molecule has 4 rings (SSSR count). The first-order valence-corrected chi connectivity index (χ1v) is 12.8. The van der Waals surface area contributed by atoms with Crippen LogP contribution in [0.3, 0.4) is 0 Å². The van der Waals surface area contributed by atoms with E-state index in [-0.39, 0.29) is 0 Å². The van der Waals surface area contributed by atoms with Gasteiger partial charge in [-0.2, -0.15) is 0 Å². The van der Waals surface area contributed by atoms with Gasteiger partial charge in [-0.25, -0.2) is 0 Å². The first-order chi connectivity index (χ1) is 17.4. The zero-order valence-electron chi connectivity index (χ0n) is 20.6.